The molecule has 0 aromatic carbocycles. The molecular weight excluding hydrogens is 308 g/mol. The Morgan fingerprint density at radius 1 is 0.600 bits per heavy atom. The molecule has 0 aromatic rings. The molecule has 0 rings (SSSR count). The van der Waals surface area contributed by atoms with Crippen LogP contribution in [0.15, 0.2) is 0 Å². The average molecular weight is 357 g/mol. The first-order chi connectivity index (χ1) is 11.8. The molecule has 0 fully saturated rings. The summed E-state index contributed by atoms with van der Waals surface area (Å²) in [6.07, 6.45) is 7.90. The first kappa shape index (κ1) is 24.9. The van der Waals surface area contributed by atoms with Gasteiger partial charge >= 0.3 is 0 Å². The Bertz CT molecular complexity index is 266. The van der Waals surface area contributed by atoms with Gasteiger partial charge in [0.1, 0.15) is 12.5 Å². The molecular formula is C22H48N2O. The number of unbranched alkanes of at least 4 members (excludes halogenated alkanes) is 2. The molecule has 0 N–H and O–H groups in total. The molecule has 0 radical (unpaired) electrons. The van der Waals surface area contributed by atoms with Gasteiger partial charge < -0.3 is 4.74 Å². The van der Waals surface area contributed by atoms with E-state index in [0.717, 1.165) is 38.0 Å². The fourth-order valence-corrected chi connectivity index (χ4v) is 2.98. The first-order valence-electron chi connectivity index (χ1n) is 10.9. The maximum absolute atomic E-state index is 6.49. The number of ether oxygens (including phenoxy) is 1. The molecule has 3 heteroatoms. The van der Waals surface area contributed by atoms with Crippen molar-refractivity contribution in [3.8, 4) is 0 Å². The lowest BCUT2D eigenvalue weighted by Crippen LogP contribution is -2.44. The van der Waals surface area contributed by atoms with Crippen LogP contribution in [0.4, 0.5) is 0 Å². The smallest absolute Gasteiger partial charge is 0.109 e. The molecule has 2 atom stereocenters. The van der Waals surface area contributed by atoms with E-state index >= 15 is 0 Å². The summed E-state index contributed by atoms with van der Waals surface area (Å²) in [5.74, 6) is 1.50. The van der Waals surface area contributed by atoms with Crippen LogP contribution in [0.5, 0.6) is 0 Å². The van der Waals surface area contributed by atoms with Crippen LogP contribution >= 0.6 is 0 Å². The van der Waals surface area contributed by atoms with Gasteiger partial charge in [-0.15, -0.1) is 0 Å². The maximum atomic E-state index is 6.49. The van der Waals surface area contributed by atoms with Gasteiger partial charge in [-0.05, 0) is 51.4 Å². The van der Waals surface area contributed by atoms with Crippen molar-refractivity contribution in [2.75, 3.05) is 26.2 Å². The van der Waals surface area contributed by atoms with Gasteiger partial charge in [-0.1, -0.05) is 54.4 Å². The lowest BCUT2D eigenvalue weighted by Gasteiger charge is -2.36. The monoisotopic (exact) mass is 356 g/mol. The van der Waals surface area contributed by atoms with Crippen molar-refractivity contribution in [1.29, 1.82) is 0 Å². The summed E-state index contributed by atoms with van der Waals surface area (Å²) in [5.41, 5.74) is 0. The molecule has 0 saturated carbocycles. The quantitative estimate of drug-likeness (QED) is 0.316. The molecule has 0 aromatic heterocycles. The van der Waals surface area contributed by atoms with E-state index in [1.807, 2.05) is 0 Å². The van der Waals surface area contributed by atoms with Gasteiger partial charge in [0.2, 0.25) is 0 Å². The minimum atomic E-state index is 0.198. The third kappa shape index (κ3) is 12.8. The molecule has 25 heavy (non-hydrogen) atoms. The van der Waals surface area contributed by atoms with E-state index in [9.17, 15) is 0 Å². The molecule has 0 heterocycles. The normalized spacial score (nSPS) is 14.9. The lowest BCUT2D eigenvalue weighted by atomic mass is 10.1. The summed E-state index contributed by atoms with van der Waals surface area (Å²) < 4.78 is 6.49. The molecule has 0 aliphatic rings. The zero-order valence-corrected chi connectivity index (χ0v) is 18.7. The Morgan fingerprint density at radius 3 is 1.24 bits per heavy atom. The Kier molecular flexibility index (Phi) is 14.9. The highest BCUT2D eigenvalue weighted by Gasteiger charge is 2.21. The van der Waals surface area contributed by atoms with E-state index in [1.54, 1.807) is 0 Å². The second-order valence-corrected chi connectivity index (χ2v) is 8.48. The number of rotatable bonds is 16. The van der Waals surface area contributed by atoms with Crippen molar-refractivity contribution < 1.29 is 4.74 Å². The van der Waals surface area contributed by atoms with Crippen LogP contribution in [0.3, 0.4) is 0 Å². The highest BCUT2D eigenvalue weighted by atomic mass is 16.5. The van der Waals surface area contributed by atoms with Crippen molar-refractivity contribution in [1.82, 2.24) is 9.80 Å². The molecule has 0 bridgehead atoms. The van der Waals surface area contributed by atoms with Crippen LogP contribution in [-0.2, 0) is 4.74 Å². The van der Waals surface area contributed by atoms with Gasteiger partial charge in [-0.25, -0.2) is 0 Å². The third-order valence-electron chi connectivity index (χ3n) is 5.01. The van der Waals surface area contributed by atoms with Crippen LogP contribution in [0.2, 0.25) is 0 Å². The van der Waals surface area contributed by atoms with Crippen LogP contribution in [0.25, 0.3) is 0 Å². The van der Waals surface area contributed by atoms with Crippen LogP contribution < -0.4 is 0 Å². The topological polar surface area (TPSA) is 15.7 Å². The minimum absolute atomic E-state index is 0.198. The summed E-state index contributed by atoms with van der Waals surface area (Å²) in [6, 6.07) is 0. The van der Waals surface area contributed by atoms with Crippen molar-refractivity contribution in [3.05, 3.63) is 0 Å². The Hall–Kier alpha value is -0.120. The van der Waals surface area contributed by atoms with Gasteiger partial charge in [0, 0.05) is 26.2 Å². The first-order valence-corrected chi connectivity index (χ1v) is 10.9. The molecule has 0 amide bonds. The van der Waals surface area contributed by atoms with E-state index in [2.05, 4.69) is 65.2 Å². The van der Waals surface area contributed by atoms with Crippen LogP contribution in [-0.4, -0.2) is 48.4 Å². The largest absolute Gasteiger partial charge is 0.345 e. The standard InChI is InChI=1S/C22H48N2O/c1-9-11-15-23(17-13-19(3)4)21(7)25-22(8)24(16-12-10-2)18-14-20(5)6/h19-22H,9-18H2,1-8H3. The van der Waals surface area contributed by atoms with Crippen LogP contribution in [0.1, 0.15) is 93.9 Å². The van der Waals surface area contributed by atoms with Gasteiger partial charge in [0.15, 0.2) is 0 Å². The van der Waals surface area contributed by atoms with Crippen LogP contribution in [0, 0.1) is 11.8 Å². The van der Waals surface area contributed by atoms with E-state index in [-0.39, 0.29) is 12.5 Å². The van der Waals surface area contributed by atoms with Gasteiger partial charge in [0.05, 0.1) is 0 Å². The SMILES string of the molecule is CCCCN(CCC(C)C)C(C)OC(C)N(CCCC)CCC(C)C. The summed E-state index contributed by atoms with van der Waals surface area (Å²) in [6.45, 7) is 22.9. The van der Waals surface area contributed by atoms with E-state index in [4.69, 9.17) is 4.74 Å². The third-order valence-corrected chi connectivity index (χ3v) is 5.01. The Labute approximate surface area is 159 Å². The minimum Gasteiger partial charge on any atom is -0.345 e. The van der Waals surface area contributed by atoms with E-state index in [0.29, 0.717) is 0 Å². The molecule has 3 nitrogen and oxygen atoms in total. The second kappa shape index (κ2) is 15.0. The predicted molar refractivity (Wildman–Crippen MR) is 112 cm³/mol. The zero-order chi connectivity index (χ0) is 19.2. The maximum Gasteiger partial charge on any atom is 0.109 e. The predicted octanol–water partition coefficient (Wildman–Crippen LogP) is 5.99. The van der Waals surface area contributed by atoms with Crippen molar-refractivity contribution >= 4 is 0 Å². The number of nitrogens with zero attached hydrogens (tertiary/aromatic N) is 2. The average Bonchev–Trinajstić information content (AvgIpc) is 2.54. The summed E-state index contributed by atoms with van der Waals surface area (Å²) in [7, 11) is 0. The molecule has 2 unspecified atom stereocenters. The molecule has 0 aliphatic heterocycles. The fourth-order valence-electron chi connectivity index (χ4n) is 2.98. The fraction of sp³-hybridized carbons (Fsp3) is 1.00. The summed E-state index contributed by atoms with van der Waals surface area (Å²) >= 11 is 0. The molecule has 152 valence electrons. The number of hydrogen-bond acceptors (Lipinski definition) is 3. The summed E-state index contributed by atoms with van der Waals surface area (Å²) in [4.78, 5) is 5.08. The van der Waals surface area contributed by atoms with E-state index < -0.39 is 0 Å². The number of hydrogen-bond donors (Lipinski definition) is 0. The van der Waals surface area contributed by atoms with Crippen molar-refractivity contribution in [2.45, 2.75) is 106 Å². The highest BCUT2D eigenvalue weighted by Crippen LogP contribution is 2.14. The second-order valence-electron chi connectivity index (χ2n) is 8.48. The molecule has 0 saturated heterocycles. The van der Waals surface area contributed by atoms with Gasteiger partial charge in [0.25, 0.3) is 0 Å². The van der Waals surface area contributed by atoms with Crippen molar-refractivity contribution in [2.24, 2.45) is 11.8 Å². The highest BCUT2D eigenvalue weighted by molar-refractivity contribution is 4.66. The van der Waals surface area contributed by atoms with Gasteiger partial charge in [-0.3, -0.25) is 9.80 Å². The molecule has 0 spiro atoms. The van der Waals surface area contributed by atoms with E-state index in [1.165, 1.54) is 38.5 Å². The zero-order valence-electron chi connectivity index (χ0n) is 18.7. The lowest BCUT2D eigenvalue weighted by molar-refractivity contribution is -0.140. The molecule has 0 aliphatic carbocycles. The Morgan fingerprint density at radius 2 is 0.960 bits per heavy atom. The summed E-state index contributed by atoms with van der Waals surface area (Å²) in [5, 5.41) is 0. The van der Waals surface area contributed by atoms with Gasteiger partial charge in [-0.2, -0.15) is 0 Å². The van der Waals surface area contributed by atoms with Crippen molar-refractivity contribution in [3.63, 3.8) is 0 Å². The Balaban J connectivity index is 4.66.